The minimum Gasteiger partial charge on any atom is -0.379 e. The Morgan fingerprint density at radius 2 is 2.06 bits per heavy atom. The van der Waals surface area contributed by atoms with E-state index in [-0.39, 0.29) is 0 Å². The van der Waals surface area contributed by atoms with Gasteiger partial charge in [0.1, 0.15) is 0 Å². The van der Waals surface area contributed by atoms with Gasteiger partial charge in [0.05, 0.1) is 18.9 Å². The molecule has 94 valence electrons. The van der Waals surface area contributed by atoms with Crippen molar-refractivity contribution in [1.82, 2.24) is 9.88 Å². The first-order chi connectivity index (χ1) is 8.88. The van der Waals surface area contributed by atoms with Crippen LogP contribution in [-0.2, 0) is 11.3 Å². The molecule has 1 saturated heterocycles. The van der Waals surface area contributed by atoms with Crippen LogP contribution in [-0.4, -0.2) is 42.5 Å². The molecule has 1 fully saturated rings. The van der Waals surface area contributed by atoms with Gasteiger partial charge < -0.3 is 9.72 Å². The number of aldehydes is 1. The van der Waals surface area contributed by atoms with E-state index < -0.39 is 0 Å². The van der Waals surface area contributed by atoms with Gasteiger partial charge >= 0.3 is 0 Å². The van der Waals surface area contributed by atoms with Gasteiger partial charge in [-0.3, -0.25) is 9.69 Å². The molecule has 0 atom stereocenters. The van der Waals surface area contributed by atoms with Gasteiger partial charge in [-0.25, -0.2) is 0 Å². The lowest BCUT2D eigenvalue weighted by molar-refractivity contribution is 0.0343. The second kappa shape index (κ2) is 4.92. The fourth-order valence-corrected chi connectivity index (χ4v) is 2.47. The summed E-state index contributed by atoms with van der Waals surface area (Å²) < 4.78 is 5.34. The van der Waals surface area contributed by atoms with E-state index >= 15 is 0 Å². The molecule has 0 aliphatic carbocycles. The lowest BCUT2D eigenvalue weighted by Gasteiger charge is -2.26. The molecule has 1 aromatic carbocycles. The monoisotopic (exact) mass is 244 g/mol. The summed E-state index contributed by atoms with van der Waals surface area (Å²) in [6.45, 7) is 4.22. The van der Waals surface area contributed by atoms with E-state index in [1.807, 2.05) is 18.2 Å². The maximum atomic E-state index is 11.2. The van der Waals surface area contributed by atoms with Gasteiger partial charge in [0, 0.05) is 36.1 Å². The predicted octanol–water partition coefficient (Wildman–Crippen LogP) is 1.81. The van der Waals surface area contributed by atoms with Crippen LogP contribution in [0.4, 0.5) is 0 Å². The lowest BCUT2D eigenvalue weighted by Crippen LogP contribution is -2.35. The van der Waals surface area contributed by atoms with Crippen LogP contribution < -0.4 is 0 Å². The molecule has 0 amide bonds. The van der Waals surface area contributed by atoms with E-state index in [4.69, 9.17) is 4.74 Å². The minimum atomic E-state index is 0.697. The summed E-state index contributed by atoms with van der Waals surface area (Å²) in [4.78, 5) is 16.7. The number of para-hydroxylation sites is 1. The van der Waals surface area contributed by atoms with Crippen LogP contribution in [0.5, 0.6) is 0 Å². The third kappa shape index (κ3) is 2.05. The molecular formula is C14H16N2O2. The minimum absolute atomic E-state index is 0.697. The average Bonchev–Trinajstić information content (AvgIpc) is 2.78. The Morgan fingerprint density at radius 1 is 1.28 bits per heavy atom. The van der Waals surface area contributed by atoms with E-state index in [1.54, 1.807) is 0 Å². The van der Waals surface area contributed by atoms with Crippen molar-refractivity contribution in [2.45, 2.75) is 6.54 Å². The molecule has 0 radical (unpaired) electrons. The topological polar surface area (TPSA) is 45.3 Å². The number of carbonyl (C=O) groups excluding carboxylic acids is 1. The SMILES string of the molecule is O=Cc1[nH]c2ccccc2c1CN1CCOCC1. The molecule has 2 aromatic rings. The van der Waals surface area contributed by atoms with Crippen LogP contribution in [0, 0.1) is 0 Å². The van der Waals surface area contributed by atoms with Gasteiger partial charge in [-0.1, -0.05) is 18.2 Å². The number of aromatic amines is 1. The Labute approximate surface area is 106 Å². The van der Waals surface area contributed by atoms with E-state index in [0.29, 0.717) is 5.69 Å². The lowest BCUT2D eigenvalue weighted by atomic mass is 10.1. The molecule has 0 saturated carbocycles. The summed E-state index contributed by atoms with van der Waals surface area (Å²) in [5.74, 6) is 0. The normalized spacial score (nSPS) is 17.1. The number of hydrogen-bond acceptors (Lipinski definition) is 3. The third-order valence-corrected chi connectivity index (χ3v) is 3.45. The number of ether oxygens (including phenoxy) is 1. The van der Waals surface area contributed by atoms with Gasteiger partial charge in [-0.2, -0.15) is 0 Å². The maximum Gasteiger partial charge on any atom is 0.166 e. The third-order valence-electron chi connectivity index (χ3n) is 3.45. The number of hydrogen-bond donors (Lipinski definition) is 1. The van der Waals surface area contributed by atoms with Gasteiger partial charge in [-0.05, 0) is 6.07 Å². The number of benzene rings is 1. The molecule has 18 heavy (non-hydrogen) atoms. The van der Waals surface area contributed by atoms with Crippen molar-refractivity contribution in [3.8, 4) is 0 Å². The first-order valence-electron chi connectivity index (χ1n) is 6.23. The first kappa shape index (κ1) is 11.4. The Bertz CT molecular complexity index is 556. The number of morpholine rings is 1. The van der Waals surface area contributed by atoms with E-state index in [2.05, 4.69) is 16.0 Å². The maximum absolute atomic E-state index is 11.2. The van der Waals surface area contributed by atoms with Crippen molar-refractivity contribution in [2.24, 2.45) is 0 Å². The number of fused-ring (bicyclic) bond motifs is 1. The highest BCUT2D eigenvalue weighted by atomic mass is 16.5. The second-order valence-electron chi connectivity index (χ2n) is 4.57. The van der Waals surface area contributed by atoms with E-state index in [1.165, 1.54) is 0 Å². The van der Waals surface area contributed by atoms with Crippen molar-refractivity contribution < 1.29 is 9.53 Å². The van der Waals surface area contributed by atoms with Crippen LogP contribution in [0.1, 0.15) is 16.1 Å². The number of nitrogens with zero attached hydrogens (tertiary/aromatic N) is 1. The number of rotatable bonds is 3. The molecule has 4 nitrogen and oxygen atoms in total. The number of aromatic nitrogens is 1. The van der Waals surface area contributed by atoms with Gasteiger partial charge in [0.25, 0.3) is 0 Å². The van der Waals surface area contributed by atoms with E-state index in [0.717, 1.165) is 55.6 Å². The fourth-order valence-electron chi connectivity index (χ4n) is 2.47. The molecule has 1 N–H and O–H groups in total. The van der Waals surface area contributed by atoms with Gasteiger partial charge in [0.2, 0.25) is 0 Å². The summed E-state index contributed by atoms with van der Waals surface area (Å²) in [6, 6.07) is 8.05. The van der Waals surface area contributed by atoms with E-state index in [9.17, 15) is 4.79 Å². The van der Waals surface area contributed by atoms with Crippen molar-refractivity contribution in [3.63, 3.8) is 0 Å². The zero-order valence-electron chi connectivity index (χ0n) is 10.2. The van der Waals surface area contributed by atoms with Crippen LogP contribution >= 0.6 is 0 Å². The molecule has 0 unspecified atom stereocenters. The molecule has 1 aliphatic rings. The molecule has 1 aromatic heterocycles. The molecule has 4 heteroatoms. The Kier molecular flexibility index (Phi) is 3.13. The van der Waals surface area contributed by atoms with Crippen LogP contribution in [0.2, 0.25) is 0 Å². The van der Waals surface area contributed by atoms with Gasteiger partial charge in [0.15, 0.2) is 6.29 Å². The summed E-state index contributed by atoms with van der Waals surface area (Å²) in [6.07, 6.45) is 0.912. The summed E-state index contributed by atoms with van der Waals surface area (Å²) in [5, 5.41) is 1.14. The Balaban J connectivity index is 1.95. The van der Waals surface area contributed by atoms with Gasteiger partial charge in [-0.15, -0.1) is 0 Å². The second-order valence-corrected chi connectivity index (χ2v) is 4.57. The van der Waals surface area contributed by atoms with Crippen molar-refractivity contribution in [2.75, 3.05) is 26.3 Å². The zero-order chi connectivity index (χ0) is 12.4. The quantitative estimate of drug-likeness (QED) is 0.838. The predicted molar refractivity (Wildman–Crippen MR) is 69.8 cm³/mol. The summed E-state index contributed by atoms with van der Waals surface area (Å²) >= 11 is 0. The number of H-pyrrole nitrogens is 1. The number of carbonyl (C=O) groups is 1. The van der Waals surface area contributed by atoms with Crippen LogP contribution in [0.3, 0.4) is 0 Å². The van der Waals surface area contributed by atoms with Crippen LogP contribution in [0.25, 0.3) is 10.9 Å². The molecule has 0 spiro atoms. The average molecular weight is 244 g/mol. The summed E-state index contributed by atoms with van der Waals surface area (Å²) in [5.41, 5.74) is 2.83. The highest BCUT2D eigenvalue weighted by Gasteiger charge is 2.16. The standard InChI is InChI=1S/C14H16N2O2/c17-10-14-12(9-16-5-7-18-8-6-16)11-3-1-2-4-13(11)15-14/h1-4,10,15H,5-9H2. The highest BCUT2D eigenvalue weighted by molar-refractivity contribution is 5.92. The number of nitrogens with one attached hydrogen (secondary N) is 1. The first-order valence-corrected chi connectivity index (χ1v) is 6.23. The molecule has 3 rings (SSSR count). The van der Waals surface area contributed by atoms with Crippen molar-refractivity contribution >= 4 is 17.2 Å². The molecular weight excluding hydrogens is 228 g/mol. The zero-order valence-corrected chi connectivity index (χ0v) is 10.2. The summed E-state index contributed by atoms with van der Waals surface area (Å²) in [7, 11) is 0. The van der Waals surface area contributed by atoms with Crippen molar-refractivity contribution in [3.05, 3.63) is 35.5 Å². The molecule has 1 aliphatic heterocycles. The smallest absolute Gasteiger partial charge is 0.166 e. The largest absolute Gasteiger partial charge is 0.379 e. The van der Waals surface area contributed by atoms with Crippen molar-refractivity contribution in [1.29, 1.82) is 0 Å². The van der Waals surface area contributed by atoms with Crippen LogP contribution in [0.15, 0.2) is 24.3 Å². The highest BCUT2D eigenvalue weighted by Crippen LogP contribution is 2.23. The Morgan fingerprint density at radius 3 is 2.83 bits per heavy atom. The fraction of sp³-hybridized carbons (Fsp3) is 0.357. The Hall–Kier alpha value is -1.65. The molecule has 0 bridgehead atoms. The molecule has 2 heterocycles.